The van der Waals surface area contributed by atoms with Gasteiger partial charge >= 0.3 is 0 Å². The number of amides is 2. The molecule has 4 atom stereocenters. The predicted molar refractivity (Wildman–Crippen MR) is 67.6 cm³/mol. The quantitative estimate of drug-likeness (QED) is 0.453. The highest BCUT2D eigenvalue weighted by Gasteiger charge is 2.60. The molecule has 3 rings (SSSR count). The summed E-state index contributed by atoms with van der Waals surface area (Å²) in [6.07, 6.45) is 5.42. The number of nitrogens with zero attached hydrogens (tertiary/aromatic N) is 1. The number of carbonyl (C=O) groups excluding carboxylic acids is 2. The van der Waals surface area contributed by atoms with Crippen molar-refractivity contribution < 1.29 is 9.59 Å². The minimum absolute atomic E-state index is 0.0604. The molecule has 2 saturated carbocycles. The summed E-state index contributed by atoms with van der Waals surface area (Å²) in [6.45, 7) is 0.635. The summed E-state index contributed by atoms with van der Waals surface area (Å²) in [5.74, 6) is 1.43. The number of rotatable bonds is 4. The smallest absolute Gasteiger partial charge is 0.233 e. The van der Waals surface area contributed by atoms with Gasteiger partial charge in [-0.1, -0.05) is 15.9 Å². The molecule has 1 heterocycles. The zero-order valence-corrected chi connectivity index (χ0v) is 11.5. The van der Waals surface area contributed by atoms with E-state index in [1.165, 1.54) is 12.8 Å². The summed E-state index contributed by atoms with van der Waals surface area (Å²) >= 11 is 3.38. The summed E-state index contributed by atoms with van der Waals surface area (Å²) in [5, 5.41) is 0.946. The zero-order valence-electron chi connectivity index (χ0n) is 9.90. The van der Waals surface area contributed by atoms with Crippen LogP contribution in [-0.4, -0.2) is 28.6 Å². The van der Waals surface area contributed by atoms with Gasteiger partial charge in [0.15, 0.2) is 0 Å². The van der Waals surface area contributed by atoms with Crippen LogP contribution in [0.25, 0.3) is 0 Å². The number of alkyl halides is 1. The van der Waals surface area contributed by atoms with Crippen molar-refractivity contribution >= 4 is 27.7 Å². The van der Waals surface area contributed by atoms with Crippen molar-refractivity contribution in [2.24, 2.45) is 23.7 Å². The Bertz CT molecular complexity index is 329. The van der Waals surface area contributed by atoms with E-state index >= 15 is 0 Å². The average Bonchev–Trinajstić information content (AvgIpc) is 2.97. The van der Waals surface area contributed by atoms with E-state index in [0.717, 1.165) is 24.6 Å². The third-order valence-corrected chi connectivity index (χ3v) is 5.34. The number of imide groups is 1. The normalized spacial score (nSPS) is 39.2. The lowest BCUT2D eigenvalue weighted by molar-refractivity contribution is -0.140. The van der Waals surface area contributed by atoms with Gasteiger partial charge in [0, 0.05) is 11.9 Å². The first-order valence-corrected chi connectivity index (χ1v) is 7.77. The van der Waals surface area contributed by atoms with E-state index in [0.29, 0.717) is 18.4 Å². The molecule has 1 aliphatic heterocycles. The molecule has 2 bridgehead atoms. The van der Waals surface area contributed by atoms with E-state index in [1.54, 1.807) is 4.90 Å². The molecule has 0 aromatic carbocycles. The number of hydrogen-bond donors (Lipinski definition) is 0. The molecule has 94 valence electrons. The van der Waals surface area contributed by atoms with Gasteiger partial charge in [0.05, 0.1) is 11.8 Å². The van der Waals surface area contributed by atoms with Gasteiger partial charge < -0.3 is 0 Å². The second kappa shape index (κ2) is 4.38. The van der Waals surface area contributed by atoms with E-state index in [2.05, 4.69) is 15.9 Å². The van der Waals surface area contributed by atoms with Crippen molar-refractivity contribution in [3.63, 3.8) is 0 Å². The molecule has 3 aliphatic rings. The predicted octanol–water partition coefficient (Wildman–Crippen LogP) is 2.19. The molecule has 0 aromatic rings. The Morgan fingerprint density at radius 1 is 1.06 bits per heavy atom. The standard InChI is InChI=1S/C13H18BrNO2/c14-5-1-2-6-15-12(16)10-8-3-4-9(7-8)11(10)13(15)17/h8-11H,1-7H2/t8-,9+,10-,11+. The van der Waals surface area contributed by atoms with Crippen LogP contribution in [0, 0.1) is 23.7 Å². The molecule has 2 aliphatic carbocycles. The Balaban J connectivity index is 1.72. The van der Waals surface area contributed by atoms with Crippen LogP contribution in [0.3, 0.4) is 0 Å². The minimum atomic E-state index is 0.0604. The van der Waals surface area contributed by atoms with Gasteiger partial charge in [-0.25, -0.2) is 0 Å². The molecule has 0 radical (unpaired) electrons. The van der Waals surface area contributed by atoms with Crippen molar-refractivity contribution in [2.75, 3.05) is 11.9 Å². The van der Waals surface area contributed by atoms with E-state index in [4.69, 9.17) is 0 Å². The first kappa shape index (κ1) is 11.7. The Morgan fingerprint density at radius 3 is 2.18 bits per heavy atom. The highest BCUT2D eigenvalue weighted by Crippen LogP contribution is 2.56. The maximum atomic E-state index is 12.3. The van der Waals surface area contributed by atoms with E-state index in [1.807, 2.05) is 0 Å². The van der Waals surface area contributed by atoms with E-state index in [9.17, 15) is 9.59 Å². The molecule has 1 saturated heterocycles. The van der Waals surface area contributed by atoms with Gasteiger partial charge in [-0.3, -0.25) is 14.5 Å². The van der Waals surface area contributed by atoms with Gasteiger partial charge in [-0.2, -0.15) is 0 Å². The Labute approximate surface area is 110 Å². The Morgan fingerprint density at radius 2 is 1.65 bits per heavy atom. The Kier molecular flexibility index (Phi) is 3.01. The molecule has 0 unspecified atom stereocenters. The van der Waals surface area contributed by atoms with Crippen molar-refractivity contribution in [1.29, 1.82) is 0 Å². The molecule has 17 heavy (non-hydrogen) atoms. The number of carbonyl (C=O) groups is 2. The van der Waals surface area contributed by atoms with Gasteiger partial charge in [-0.05, 0) is 43.9 Å². The molecule has 3 fully saturated rings. The zero-order chi connectivity index (χ0) is 12.0. The van der Waals surface area contributed by atoms with Crippen molar-refractivity contribution in [2.45, 2.75) is 32.1 Å². The Hall–Kier alpha value is -0.380. The fourth-order valence-corrected chi connectivity index (χ4v) is 4.45. The maximum absolute atomic E-state index is 12.3. The fourth-order valence-electron chi connectivity index (χ4n) is 4.06. The number of hydrogen-bond acceptors (Lipinski definition) is 2. The highest BCUT2D eigenvalue weighted by atomic mass is 79.9. The number of unbranched alkanes of at least 4 members (excludes halogenated alkanes) is 1. The molecular formula is C13H18BrNO2. The summed E-state index contributed by atoms with van der Waals surface area (Å²) in [5.41, 5.74) is 0. The van der Waals surface area contributed by atoms with Crippen LogP contribution >= 0.6 is 15.9 Å². The molecule has 0 aromatic heterocycles. The van der Waals surface area contributed by atoms with E-state index < -0.39 is 0 Å². The molecule has 0 spiro atoms. The van der Waals surface area contributed by atoms with Gasteiger partial charge in [-0.15, -0.1) is 0 Å². The lowest BCUT2D eigenvalue weighted by atomic mass is 9.81. The number of fused-ring (bicyclic) bond motifs is 5. The molecule has 4 heteroatoms. The molecular weight excluding hydrogens is 282 g/mol. The van der Waals surface area contributed by atoms with Crippen LogP contribution in [0.5, 0.6) is 0 Å². The van der Waals surface area contributed by atoms with Gasteiger partial charge in [0.25, 0.3) is 0 Å². The first-order valence-electron chi connectivity index (χ1n) is 6.65. The second-order valence-electron chi connectivity index (χ2n) is 5.61. The SMILES string of the molecule is O=C1[C@@H]2[C@@H]3CC[C@@H](C3)[C@@H]2C(=O)N1CCCCBr. The minimum Gasteiger partial charge on any atom is -0.282 e. The molecule has 2 amide bonds. The summed E-state index contributed by atoms with van der Waals surface area (Å²) in [6, 6.07) is 0. The van der Waals surface area contributed by atoms with Gasteiger partial charge in [0.1, 0.15) is 0 Å². The number of halogens is 1. The lowest BCUT2D eigenvalue weighted by Crippen LogP contribution is -2.33. The third kappa shape index (κ3) is 1.67. The monoisotopic (exact) mass is 299 g/mol. The largest absolute Gasteiger partial charge is 0.282 e. The van der Waals surface area contributed by atoms with Crippen LogP contribution in [-0.2, 0) is 9.59 Å². The average molecular weight is 300 g/mol. The van der Waals surface area contributed by atoms with Crippen LogP contribution in [0.2, 0.25) is 0 Å². The van der Waals surface area contributed by atoms with Crippen LogP contribution in [0.1, 0.15) is 32.1 Å². The van der Waals surface area contributed by atoms with Gasteiger partial charge in [0.2, 0.25) is 11.8 Å². The van der Waals surface area contributed by atoms with Crippen molar-refractivity contribution in [3.8, 4) is 0 Å². The second-order valence-corrected chi connectivity index (χ2v) is 6.40. The van der Waals surface area contributed by atoms with E-state index in [-0.39, 0.29) is 23.7 Å². The highest BCUT2D eigenvalue weighted by molar-refractivity contribution is 9.09. The first-order chi connectivity index (χ1) is 8.24. The topological polar surface area (TPSA) is 37.4 Å². The lowest BCUT2D eigenvalue weighted by Gasteiger charge is -2.19. The van der Waals surface area contributed by atoms with Crippen molar-refractivity contribution in [1.82, 2.24) is 4.90 Å². The molecule has 3 nitrogen and oxygen atoms in total. The summed E-state index contributed by atoms with van der Waals surface area (Å²) < 4.78 is 0. The van der Waals surface area contributed by atoms with Crippen molar-refractivity contribution in [3.05, 3.63) is 0 Å². The maximum Gasteiger partial charge on any atom is 0.233 e. The van der Waals surface area contributed by atoms with Crippen LogP contribution < -0.4 is 0 Å². The number of likely N-dealkylation sites (tertiary alicyclic amines) is 1. The summed E-state index contributed by atoms with van der Waals surface area (Å²) in [4.78, 5) is 26.1. The van der Waals surface area contributed by atoms with Crippen LogP contribution in [0.15, 0.2) is 0 Å². The third-order valence-electron chi connectivity index (χ3n) is 4.78. The molecule has 0 N–H and O–H groups in total. The summed E-state index contributed by atoms with van der Waals surface area (Å²) in [7, 11) is 0. The fraction of sp³-hybridized carbons (Fsp3) is 0.846. The van der Waals surface area contributed by atoms with Crippen LogP contribution in [0.4, 0.5) is 0 Å².